The van der Waals surface area contributed by atoms with Gasteiger partial charge in [-0.25, -0.2) is 0 Å². The van der Waals surface area contributed by atoms with Crippen molar-refractivity contribution in [3.05, 3.63) is 0 Å². The van der Waals surface area contributed by atoms with Crippen molar-refractivity contribution >= 4 is 16.2 Å². The molecule has 0 N–H and O–H groups in total. The van der Waals surface area contributed by atoms with Gasteiger partial charge in [-0.15, -0.1) is 0 Å². The Labute approximate surface area is 89.9 Å². The molecular weight excluding hydrogens is 216 g/mol. The summed E-state index contributed by atoms with van der Waals surface area (Å²) < 4.78 is 0. The van der Waals surface area contributed by atoms with E-state index in [0.717, 1.165) is 0 Å². The van der Waals surface area contributed by atoms with E-state index in [4.69, 9.17) is 0 Å². The van der Waals surface area contributed by atoms with Crippen molar-refractivity contribution < 1.29 is 0 Å². The molecule has 78 valence electrons. The van der Waals surface area contributed by atoms with Crippen LogP contribution < -0.4 is 0 Å². The molecule has 0 saturated heterocycles. The van der Waals surface area contributed by atoms with Gasteiger partial charge in [0.2, 0.25) is 0 Å². The molecular formula is C11H26GaN. The fourth-order valence-electron chi connectivity index (χ4n) is 1.67. The van der Waals surface area contributed by atoms with E-state index in [0.29, 0.717) is 0 Å². The van der Waals surface area contributed by atoms with Gasteiger partial charge < -0.3 is 0 Å². The fraction of sp³-hybridized carbons (Fsp3) is 1.00. The number of nitrogens with zero attached hydrogens (tertiary/aromatic N) is 1. The third kappa shape index (κ3) is 7.65. The standard InChI is InChI=1S/C7H16N.2C2H5.Ga/c1-4-6-7-8(3)5-2;2*1-2;/h1,4-7H2,2-3H3;2*1H2,2H3;. The van der Waals surface area contributed by atoms with Crippen molar-refractivity contribution in [2.24, 2.45) is 0 Å². The van der Waals surface area contributed by atoms with E-state index in [-0.39, 0.29) is 0 Å². The molecule has 0 bridgehead atoms. The second-order valence-corrected chi connectivity index (χ2v) is 12.3. The van der Waals surface area contributed by atoms with Crippen molar-refractivity contribution in [2.45, 2.75) is 48.5 Å². The van der Waals surface area contributed by atoms with Crippen LogP contribution in [0.1, 0.15) is 33.6 Å². The average Bonchev–Trinajstić information content (AvgIpc) is 2.18. The van der Waals surface area contributed by atoms with E-state index in [1.54, 1.807) is 14.9 Å². The van der Waals surface area contributed by atoms with Crippen LogP contribution in [0.2, 0.25) is 14.9 Å². The molecule has 0 spiro atoms. The zero-order valence-corrected chi connectivity index (χ0v) is 12.4. The van der Waals surface area contributed by atoms with Crippen molar-refractivity contribution in [3.63, 3.8) is 0 Å². The number of hydrogen-bond donors (Lipinski definition) is 0. The van der Waals surface area contributed by atoms with Crippen LogP contribution in [0.15, 0.2) is 0 Å². The number of rotatable bonds is 8. The quantitative estimate of drug-likeness (QED) is 0.466. The van der Waals surface area contributed by atoms with Crippen molar-refractivity contribution in [1.82, 2.24) is 4.90 Å². The Morgan fingerprint density at radius 1 is 1.00 bits per heavy atom. The summed E-state index contributed by atoms with van der Waals surface area (Å²) in [5, 5.41) is 0. The zero-order chi connectivity index (χ0) is 10.1. The van der Waals surface area contributed by atoms with Crippen molar-refractivity contribution in [1.29, 1.82) is 0 Å². The molecule has 0 radical (unpaired) electrons. The van der Waals surface area contributed by atoms with E-state index in [1.807, 2.05) is 0 Å². The molecule has 0 unspecified atom stereocenters. The van der Waals surface area contributed by atoms with Crippen LogP contribution in [0.4, 0.5) is 0 Å². The summed E-state index contributed by atoms with van der Waals surface area (Å²) in [7, 11) is 2.22. The summed E-state index contributed by atoms with van der Waals surface area (Å²) in [4.78, 5) is 7.14. The van der Waals surface area contributed by atoms with Gasteiger partial charge in [-0.3, -0.25) is 0 Å². The van der Waals surface area contributed by atoms with Gasteiger partial charge in [-0.2, -0.15) is 0 Å². The van der Waals surface area contributed by atoms with Crippen LogP contribution in [-0.4, -0.2) is 41.3 Å². The van der Waals surface area contributed by atoms with Crippen LogP contribution in [0.25, 0.3) is 0 Å². The molecule has 1 nitrogen and oxygen atoms in total. The molecule has 0 aliphatic heterocycles. The second-order valence-electron chi connectivity index (χ2n) is 4.07. The van der Waals surface area contributed by atoms with Gasteiger partial charge in [0, 0.05) is 0 Å². The number of unbranched alkanes of at least 4 members (excludes halogenated alkanes) is 1. The Bertz CT molecular complexity index is 102. The van der Waals surface area contributed by atoms with Gasteiger partial charge in [0.1, 0.15) is 0 Å². The van der Waals surface area contributed by atoms with E-state index < -0.39 is 16.2 Å². The molecule has 0 atom stereocenters. The number of hydrogen-bond acceptors (Lipinski definition) is 1. The molecule has 2 heteroatoms. The minimum atomic E-state index is -0.724. The van der Waals surface area contributed by atoms with Gasteiger partial charge in [-0.05, 0) is 0 Å². The maximum absolute atomic E-state index is 2.42. The first-order chi connectivity index (χ1) is 6.24. The van der Waals surface area contributed by atoms with E-state index in [1.165, 1.54) is 25.9 Å². The Hall–Kier alpha value is 0.596. The zero-order valence-electron chi connectivity index (χ0n) is 9.97. The summed E-state index contributed by atoms with van der Waals surface area (Å²) in [5.41, 5.74) is 0. The predicted molar refractivity (Wildman–Crippen MR) is 63.9 cm³/mol. The van der Waals surface area contributed by atoms with Crippen LogP contribution >= 0.6 is 0 Å². The van der Waals surface area contributed by atoms with Gasteiger partial charge in [0.15, 0.2) is 0 Å². The first-order valence-electron chi connectivity index (χ1n) is 5.93. The molecule has 0 fully saturated rings. The molecule has 0 aromatic carbocycles. The second kappa shape index (κ2) is 9.16. The minimum absolute atomic E-state index is 0.724. The third-order valence-electron chi connectivity index (χ3n) is 3.10. The summed E-state index contributed by atoms with van der Waals surface area (Å²) in [6.07, 6.45) is 2.92. The molecule has 0 aliphatic rings. The maximum atomic E-state index is 2.42. The molecule has 0 heterocycles. The van der Waals surface area contributed by atoms with Gasteiger partial charge in [0.25, 0.3) is 0 Å². The molecule has 13 heavy (non-hydrogen) atoms. The van der Waals surface area contributed by atoms with Crippen LogP contribution in [0.5, 0.6) is 0 Å². The molecule has 0 saturated carbocycles. The monoisotopic (exact) mass is 241 g/mol. The molecule has 0 aromatic rings. The molecule has 0 amide bonds. The molecule has 0 aromatic heterocycles. The Morgan fingerprint density at radius 3 is 2.08 bits per heavy atom. The van der Waals surface area contributed by atoms with E-state index in [9.17, 15) is 0 Å². The predicted octanol–water partition coefficient (Wildman–Crippen LogP) is 3.25. The normalized spacial score (nSPS) is 10.8. The topological polar surface area (TPSA) is 3.24 Å². The van der Waals surface area contributed by atoms with Crippen LogP contribution in [0.3, 0.4) is 0 Å². The third-order valence-corrected chi connectivity index (χ3v) is 10.5. The fourth-order valence-corrected chi connectivity index (χ4v) is 6.41. The summed E-state index contributed by atoms with van der Waals surface area (Å²) in [6.45, 7) is 9.53. The Balaban J connectivity index is 3.23. The van der Waals surface area contributed by atoms with Crippen molar-refractivity contribution in [3.8, 4) is 0 Å². The Kier molecular flexibility index (Phi) is 9.58. The summed E-state index contributed by atoms with van der Waals surface area (Å²) >= 11 is -0.724. The van der Waals surface area contributed by atoms with Crippen molar-refractivity contribution in [2.75, 3.05) is 20.1 Å². The SMILES string of the molecule is CCN(C)CCC[CH2][Ga]([CH2]C)[CH2]C. The average molecular weight is 242 g/mol. The first-order valence-corrected chi connectivity index (χ1v) is 11.1. The van der Waals surface area contributed by atoms with Crippen LogP contribution in [0, 0.1) is 0 Å². The van der Waals surface area contributed by atoms with Gasteiger partial charge >= 0.3 is 89.8 Å². The van der Waals surface area contributed by atoms with Crippen LogP contribution in [-0.2, 0) is 0 Å². The van der Waals surface area contributed by atoms with E-state index in [2.05, 4.69) is 32.7 Å². The summed E-state index contributed by atoms with van der Waals surface area (Å²) in [5.74, 6) is 0. The van der Waals surface area contributed by atoms with E-state index >= 15 is 0 Å². The van der Waals surface area contributed by atoms with Gasteiger partial charge in [-0.1, -0.05) is 0 Å². The first kappa shape index (κ1) is 13.6. The summed E-state index contributed by atoms with van der Waals surface area (Å²) in [6, 6.07) is 0. The van der Waals surface area contributed by atoms with Gasteiger partial charge in [0.05, 0.1) is 0 Å². The Morgan fingerprint density at radius 2 is 1.62 bits per heavy atom. The molecule has 0 aliphatic carbocycles. The molecule has 0 rings (SSSR count).